The summed E-state index contributed by atoms with van der Waals surface area (Å²) in [5, 5.41) is 3.86. The minimum absolute atomic E-state index is 0.608. The van der Waals surface area contributed by atoms with E-state index in [2.05, 4.69) is 34.4 Å². The molecule has 1 heterocycles. The summed E-state index contributed by atoms with van der Waals surface area (Å²) in [6.07, 6.45) is 1.09. The van der Waals surface area contributed by atoms with Gasteiger partial charge in [0.1, 0.15) is 5.82 Å². The van der Waals surface area contributed by atoms with E-state index in [1.807, 2.05) is 18.2 Å². The number of hydrogen-bond donors (Lipinski definition) is 1. The molecule has 0 atom stereocenters. The Labute approximate surface area is 112 Å². The van der Waals surface area contributed by atoms with Crippen LogP contribution in [0.4, 0.5) is 0 Å². The van der Waals surface area contributed by atoms with Gasteiger partial charge in [0, 0.05) is 18.1 Å². The first-order chi connectivity index (χ1) is 8.72. The van der Waals surface area contributed by atoms with Crippen molar-refractivity contribution < 1.29 is 0 Å². The zero-order chi connectivity index (χ0) is 13.0. The van der Waals surface area contributed by atoms with E-state index in [1.165, 1.54) is 5.52 Å². The quantitative estimate of drug-likeness (QED) is 0.867. The molecule has 0 saturated heterocycles. The molecule has 0 radical (unpaired) electrons. The van der Waals surface area contributed by atoms with Crippen LogP contribution in [0.5, 0.6) is 0 Å². The highest BCUT2D eigenvalue weighted by atomic mass is 35.5. The van der Waals surface area contributed by atoms with Crippen molar-refractivity contribution in [3.05, 3.63) is 41.7 Å². The van der Waals surface area contributed by atoms with E-state index in [4.69, 9.17) is 11.6 Å². The number of para-hydroxylation sites is 2. The van der Waals surface area contributed by atoms with Crippen molar-refractivity contribution in [2.45, 2.75) is 26.4 Å². The maximum absolute atomic E-state index is 5.74. The molecule has 0 aliphatic heterocycles. The summed E-state index contributed by atoms with van der Waals surface area (Å²) in [7, 11) is 0. The molecule has 1 aromatic heterocycles. The average molecular weight is 264 g/mol. The minimum Gasteiger partial charge on any atom is -0.327 e. The summed E-state index contributed by atoms with van der Waals surface area (Å²) in [4.78, 5) is 4.66. The van der Waals surface area contributed by atoms with Crippen LogP contribution >= 0.6 is 11.6 Å². The fourth-order valence-corrected chi connectivity index (χ4v) is 2.14. The number of hydrogen-bond acceptors (Lipinski definition) is 2. The van der Waals surface area contributed by atoms with Crippen LogP contribution in [-0.2, 0) is 13.1 Å². The maximum atomic E-state index is 5.74. The van der Waals surface area contributed by atoms with Gasteiger partial charge >= 0.3 is 0 Å². The number of aryl methyl sites for hydroxylation is 1. The fraction of sp³-hybridized carbons (Fsp3) is 0.357. The average Bonchev–Trinajstić information content (AvgIpc) is 2.68. The zero-order valence-corrected chi connectivity index (χ0v) is 11.4. The molecule has 4 heteroatoms. The summed E-state index contributed by atoms with van der Waals surface area (Å²) >= 11 is 5.74. The molecular weight excluding hydrogens is 246 g/mol. The summed E-state index contributed by atoms with van der Waals surface area (Å²) < 4.78 is 2.26. The van der Waals surface area contributed by atoms with Crippen LogP contribution in [0, 0.1) is 0 Å². The Morgan fingerprint density at radius 1 is 1.44 bits per heavy atom. The van der Waals surface area contributed by atoms with Crippen molar-refractivity contribution in [1.82, 2.24) is 14.9 Å². The fourth-order valence-electron chi connectivity index (χ4n) is 2.04. The highest BCUT2D eigenvalue weighted by molar-refractivity contribution is 6.29. The van der Waals surface area contributed by atoms with Crippen LogP contribution in [0.2, 0.25) is 0 Å². The lowest BCUT2D eigenvalue weighted by atomic mass is 10.3. The third-order valence-electron chi connectivity index (χ3n) is 2.78. The number of nitrogens with one attached hydrogen (secondary N) is 1. The largest absolute Gasteiger partial charge is 0.327 e. The van der Waals surface area contributed by atoms with Gasteiger partial charge in [-0.2, -0.15) is 0 Å². The molecule has 0 aliphatic carbocycles. The Morgan fingerprint density at radius 3 is 2.94 bits per heavy atom. The van der Waals surface area contributed by atoms with Crippen molar-refractivity contribution >= 4 is 22.6 Å². The molecule has 1 aromatic carbocycles. The van der Waals surface area contributed by atoms with Crippen molar-refractivity contribution in [2.75, 3.05) is 6.54 Å². The normalized spacial score (nSPS) is 11.0. The van der Waals surface area contributed by atoms with Crippen LogP contribution in [-0.4, -0.2) is 16.1 Å². The van der Waals surface area contributed by atoms with Crippen molar-refractivity contribution in [1.29, 1.82) is 0 Å². The van der Waals surface area contributed by atoms with Crippen molar-refractivity contribution in [3.63, 3.8) is 0 Å². The standard InChI is InChI=1S/C14H18ClN3/c1-3-8-18-13-7-5-4-6-12(13)17-14(18)10-16-9-11(2)15/h4-7,16H,2-3,8-10H2,1H3. The summed E-state index contributed by atoms with van der Waals surface area (Å²) in [5.74, 6) is 1.05. The number of nitrogens with zero attached hydrogens (tertiary/aromatic N) is 2. The highest BCUT2D eigenvalue weighted by Crippen LogP contribution is 2.16. The van der Waals surface area contributed by atoms with E-state index in [0.29, 0.717) is 18.1 Å². The third kappa shape index (κ3) is 2.92. The molecule has 2 aromatic rings. The molecule has 18 heavy (non-hydrogen) atoms. The first-order valence-corrected chi connectivity index (χ1v) is 6.58. The molecule has 0 spiro atoms. The van der Waals surface area contributed by atoms with Gasteiger partial charge < -0.3 is 9.88 Å². The molecule has 0 fully saturated rings. The first-order valence-electron chi connectivity index (χ1n) is 6.20. The van der Waals surface area contributed by atoms with Gasteiger partial charge in [0.2, 0.25) is 0 Å². The van der Waals surface area contributed by atoms with Crippen LogP contribution in [0.15, 0.2) is 35.9 Å². The van der Waals surface area contributed by atoms with Gasteiger partial charge in [0.25, 0.3) is 0 Å². The molecule has 0 unspecified atom stereocenters. The molecule has 1 N–H and O–H groups in total. The number of benzene rings is 1. The van der Waals surface area contributed by atoms with Gasteiger partial charge in [-0.15, -0.1) is 0 Å². The minimum atomic E-state index is 0.608. The first kappa shape index (κ1) is 13.1. The number of fused-ring (bicyclic) bond motifs is 1. The summed E-state index contributed by atoms with van der Waals surface area (Å²) in [5.41, 5.74) is 2.24. The predicted octanol–water partition coefficient (Wildman–Crippen LogP) is 3.29. The lowest BCUT2D eigenvalue weighted by Gasteiger charge is -2.08. The summed E-state index contributed by atoms with van der Waals surface area (Å²) in [6.45, 7) is 8.14. The Hall–Kier alpha value is -1.32. The Morgan fingerprint density at radius 2 is 2.22 bits per heavy atom. The zero-order valence-electron chi connectivity index (χ0n) is 10.6. The number of rotatable bonds is 6. The van der Waals surface area contributed by atoms with Gasteiger partial charge in [-0.1, -0.05) is 37.2 Å². The van der Waals surface area contributed by atoms with E-state index < -0.39 is 0 Å². The molecule has 2 rings (SSSR count). The molecule has 0 saturated carbocycles. The van der Waals surface area contributed by atoms with E-state index in [0.717, 1.165) is 24.3 Å². The lowest BCUT2D eigenvalue weighted by Crippen LogP contribution is -2.18. The van der Waals surface area contributed by atoms with Crippen molar-refractivity contribution in [2.24, 2.45) is 0 Å². The number of imidazole rings is 1. The topological polar surface area (TPSA) is 29.9 Å². The van der Waals surface area contributed by atoms with Crippen LogP contribution < -0.4 is 5.32 Å². The van der Waals surface area contributed by atoms with E-state index in [9.17, 15) is 0 Å². The molecular formula is C14H18ClN3. The monoisotopic (exact) mass is 263 g/mol. The third-order valence-corrected chi connectivity index (χ3v) is 2.91. The van der Waals surface area contributed by atoms with E-state index in [-0.39, 0.29) is 0 Å². The van der Waals surface area contributed by atoms with Gasteiger partial charge in [-0.05, 0) is 18.6 Å². The van der Waals surface area contributed by atoms with E-state index in [1.54, 1.807) is 0 Å². The van der Waals surface area contributed by atoms with Gasteiger partial charge in [0.05, 0.1) is 17.6 Å². The SMILES string of the molecule is C=C(Cl)CNCc1nc2ccccc2n1CCC. The smallest absolute Gasteiger partial charge is 0.123 e. The number of aromatic nitrogens is 2. The summed E-state index contributed by atoms with van der Waals surface area (Å²) in [6, 6.07) is 8.23. The van der Waals surface area contributed by atoms with Crippen LogP contribution in [0.3, 0.4) is 0 Å². The molecule has 0 amide bonds. The number of halogens is 1. The molecule has 0 bridgehead atoms. The van der Waals surface area contributed by atoms with Gasteiger partial charge in [-0.3, -0.25) is 0 Å². The molecule has 3 nitrogen and oxygen atoms in total. The van der Waals surface area contributed by atoms with Crippen LogP contribution in [0.1, 0.15) is 19.2 Å². The van der Waals surface area contributed by atoms with Gasteiger partial charge in [0.15, 0.2) is 0 Å². The second-order valence-corrected chi connectivity index (χ2v) is 4.82. The lowest BCUT2D eigenvalue weighted by molar-refractivity contribution is 0.617. The molecule has 96 valence electrons. The Kier molecular flexibility index (Phi) is 4.39. The Balaban J connectivity index is 2.24. The van der Waals surface area contributed by atoms with Crippen LogP contribution in [0.25, 0.3) is 11.0 Å². The Bertz CT molecular complexity index is 545. The maximum Gasteiger partial charge on any atom is 0.123 e. The second kappa shape index (κ2) is 6.03. The highest BCUT2D eigenvalue weighted by Gasteiger charge is 2.08. The predicted molar refractivity (Wildman–Crippen MR) is 76.7 cm³/mol. The van der Waals surface area contributed by atoms with Gasteiger partial charge in [-0.25, -0.2) is 4.98 Å². The second-order valence-electron chi connectivity index (χ2n) is 4.29. The van der Waals surface area contributed by atoms with Crippen molar-refractivity contribution in [3.8, 4) is 0 Å². The van der Waals surface area contributed by atoms with E-state index >= 15 is 0 Å². The molecule has 0 aliphatic rings.